The van der Waals surface area contributed by atoms with Gasteiger partial charge in [-0.3, -0.25) is 0 Å². The van der Waals surface area contributed by atoms with E-state index in [0.717, 1.165) is 16.7 Å². The highest BCUT2D eigenvalue weighted by atomic mass is 32.2. The molecule has 0 heterocycles. The zero-order valence-corrected chi connectivity index (χ0v) is 15.4. The summed E-state index contributed by atoms with van der Waals surface area (Å²) in [5.41, 5.74) is 2.47. The maximum atomic E-state index is 12.3. The Labute approximate surface area is 144 Å². The van der Waals surface area contributed by atoms with Crippen molar-refractivity contribution in [3.63, 3.8) is 0 Å². The van der Waals surface area contributed by atoms with Gasteiger partial charge in [-0.15, -0.1) is 0 Å². The van der Waals surface area contributed by atoms with Crippen molar-refractivity contribution in [2.75, 3.05) is 12.4 Å². The molecule has 0 aliphatic rings. The Bertz CT molecular complexity index is 751. The summed E-state index contributed by atoms with van der Waals surface area (Å²) in [6.45, 7) is 7.54. The minimum absolute atomic E-state index is 0.0406. The van der Waals surface area contributed by atoms with Crippen LogP contribution in [-0.2, 0) is 19.4 Å². The Morgan fingerprint density at radius 3 is 2.38 bits per heavy atom. The molecule has 0 unspecified atom stereocenters. The number of carbonyl (C=O) groups is 1. The van der Waals surface area contributed by atoms with Gasteiger partial charge in [-0.05, 0) is 45.4 Å². The van der Waals surface area contributed by atoms with E-state index in [2.05, 4.69) is 0 Å². The number of sulfone groups is 1. The molecule has 0 atom stereocenters. The molecule has 0 spiro atoms. The summed E-state index contributed by atoms with van der Waals surface area (Å²) >= 11 is 0. The minimum atomic E-state index is -3.34. The number of carbonyl (C=O) groups excluding carboxylic acids is 1. The Balaban J connectivity index is 2.74. The van der Waals surface area contributed by atoms with Crippen molar-refractivity contribution in [1.82, 2.24) is 0 Å². The number of hydrogen-bond acceptors (Lipinski definition) is 4. The van der Waals surface area contributed by atoms with Gasteiger partial charge in [0.1, 0.15) is 0 Å². The van der Waals surface area contributed by atoms with Gasteiger partial charge in [0.15, 0.2) is 9.84 Å². The summed E-state index contributed by atoms with van der Waals surface area (Å²) < 4.78 is 29.5. The molecule has 1 aromatic rings. The van der Waals surface area contributed by atoms with Crippen molar-refractivity contribution in [3.8, 4) is 0 Å². The molecule has 0 saturated heterocycles. The number of esters is 1. The molecule has 0 aliphatic carbocycles. The quantitative estimate of drug-likeness (QED) is 0.427. The van der Waals surface area contributed by atoms with E-state index >= 15 is 0 Å². The van der Waals surface area contributed by atoms with Gasteiger partial charge in [-0.1, -0.05) is 41.5 Å². The van der Waals surface area contributed by atoms with E-state index in [1.807, 2.05) is 6.92 Å². The second kappa shape index (κ2) is 9.23. The van der Waals surface area contributed by atoms with Crippen LogP contribution in [0, 0.1) is 6.92 Å². The fraction of sp³-hybridized carbons (Fsp3) is 0.316. The highest BCUT2D eigenvalue weighted by molar-refractivity contribution is 7.91. The molecule has 0 radical (unpaired) electrons. The van der Waals surface area contributed by atoms with Crippen molar-refractivity contribution in [2.24, 2.45) is 0 Å². The second-order valence-corrected chi connectivity index (χ2v) is 7.57. The lowest BCUT2D eigenvalue weighted by Gasteiger charge is -2.05. The fourth-order valence-electron chi connectivity index (χ4n) is 1.96. The third-order valence-corrected chi connectivity index (χ3v) is 5.00. The van der Waals surface area contributed by atoms with Crippen LogP contribution in [0.2, 0.25) is 0 Å². The fourth-order valence-corrected chi connectivity index (χ4v) is 3.37. The highest BCUT2D eigenvalue weighted by Crippen LogP contribution is 2.15. The first kappa shape index (κ1) is 19.9. The predicted molar refractivity (Wildman–Crippen MR) is 96.5 cm³/mol. The average Bonchev–Trinajstić information content (AvgIpc) is 2.47. The number of allylic oxidation sites excluding steroid dienone is 4. The van der Waals surface area contributed by atoms with Crippen molar-refractivity contribution >= 4 is 15.8 Å². The van der Waals surface area contributed by atoms with Crippen LogP contribution in [0.4, 0.5) is 0 Å². The highest BCUT2D eigenvalue weighted by Gasteiger charge is 2.14. The van der Waals surface area contributed by atoms with Crippen LogP contribution < -0.4 is 0 Å². The number of rotatable bonds is 7. The number of aryl methyl sites for hydroxylation is 1. The summed E-state index contributed by atoms with van der Waals surface area (Å²) in [7, 11) is -3.34. The van der Waals surface area contributed by atoms with Gasteiger partial charge in [-0.2, -0.15) is 0 Å². The normalized spacial score (nSPS) is 13.3. The van der Waals surface area contributed by atoms with Crippen molar-refractivity contribution < 1.29 is 17.9 Å². The van der Waals surface area contributed by atoms with Crippen LogP contribution in [-0.4, -0.2) is 26.7 Å². The molecule has 0 N–H and O–H groups in total. The van der Waals surface area contributed by atoms with Gasteiger partial charge in [0, 0.05) is 6.08 Å². The predicted octanol–water partition coefficient (Wildman–Crippen LogP) is 3.78. The molecule has 130 valence electrons. The van der Waals surface area contributed by atoms with E-state index in [9.17, 15) is 13.2 Å². The first-order valence-electron chi connectivity index (χ1n) is 7.73. The number of benzene rings is 1. The first-order valence-corrected chi connectivity index (χ1v) is 9.38. The summed E-state index contributed by atoms with van der Waals surface area (Å²) in [4.78, 5) is 11.6. The Hall–Kier alpha value is -2.14. The van der Waals surface area contributed by atoms with E-state index in [1.165, 1.54) is 6.08 Å². The summed E-state index contributed by atoms with van der Waals surface area (Å²) in [5.74, 6) is -0.427. The lowest BCUT2D eigenvalue weighted by molar-refractivity contribution is -0.137. The van der Waals surface area contributed by atoms with Crippen molar-refractivity contribution in [2.45, 2.75) is 32.6 Å². The molecule has 0 bridgehead atoms. The lowest BCUT2D eigenvalue weighted by Crippen LogP contribution is -2.07. The van der Waals surface area contributed by atoms with E-state index in [0.29, 0.717) is 11.5 Å². The molecular weight excluding hydrogens is 324 g/mol. The number of hydrogen-bond donors (Lipinski definition) is 0. The monoisotopic (exact) mass is 348 g/mol. The van der Waals surface area contributed by atoms with Gasteiger partial charge < -0.3 is 4.74 Å². The Kier molecular flexibility index (Phi) is 7.65. The maximum absolute atomic E-state index is 12.3. The van der Waals surface area contributed by atoms with Crippen LogP contribution in [0.5, 0.6) is 0 Å². The molecule has 0 aliphatic heterocycles. The average molecular weight is 348 g/mol. The smallest absolute Gasteiger partial charge is 0.330 e. The van der Waals surface area contributed by atoms with Gasteiger partial charge in [-0.25, -0.2) is 13.2 Å². The SMILES string of the molecule is CCOC(=O)/C=C(C)/C=C/C=C(\C)CS(=O)(=O)c1ccc(C)cc1. The third-order valence-electron chi connectivity index (χ3n) is 3.17. The molecule has 0 amide bonds. The molecule has 1 aromatic carbocycles. The van der Waals surface area contributed by atoms with E-state index < -0.39 is 9.84 Å². The van der Waals surface area contributed by atoms with Gasteiger partial charge in [0.25, 0.3) is 0 Å². The summed E-state index contributed by atoms with van der Waals surface area (Å²) in [5, 5.41) is 0. The van der Waals surface area contributed by atoms with E-state index in [4.69, 9.17) is 4.74 Å². The minimum Gasteiger partial charge on any atom is -0.463 e. The summed E-state index contributed by atoms with van der Waals surface area (Å²) in [6.07, 6.45) is 6.59. The van der Waals surface area contributed by atoms with Crippen LogP contribution >= 0.6 is 0 Å². The van der Waals surface area contributed by atoms with Crippen LogP contribution in [0.25, 0.3) is 0 Å². The zero-order chi connectivity index (χ0) is 18.2. The van der Waals surface area contributed by atoms with Gasteiger partial charge in [0.2, 0.25) is 0 Å². The lowest BCUT2D eigenvalue weighted by atomic mass is 10.2. The van der Waals surface area contributed by atoms with E-state index in [-0.39, 0.29) is 11.7 Å². The molecule has 4 nitrogen and oxygen atoms in total. The van der Waals surface area contributed by atoms with Crippen molar-refractivity contribution in [1.29, 1.82) is 0 Å². The second-order valence-electron chi connectivity index (χ2n) is 5.58. The molecule has 0 aromatic heterocycles. The van der Waals surface area contributed by atoms with Crippen LogP contribution in [0.15, 0.2) is 64.6 Å². The Morgan fingerprint density at radius 1 is 1.17 bits per heavy atom. The molecule has 5 heteroatoms. The van der Waals surface area contributed by atoms with Gasteiger partial charge in [0.05, 0.1) is 17.3 Å². The molecule has 24 heavy (non-hydrogen) atoms. The maximum Gasteiger partial charge on any atom is 0.330 e. The standard InChI is InChI=1S/C19H24O4S/c1-5-23-19(20)13-16(3)7-6-8-17(4)14-24(21,22)18-11-9-15(2)10-12-18/h6-13H,5,14H2,1-4H3/b7-6+,16-13+,17-8+. The largest absolute Gasteiger partial charge is 0.463 e. The number of ether oxygens (including phenoxy) is 1. The Morgan fingerprint density at radius 2 is 1.79 bits per heavy atom. The van der Waals surface area contributed by atoms with Crippen LogP contribution in [0.1, 0.15) is 26.3 Å². The topological polar surface area (TPSA) is 60.4 Å². The first-order chi connectivity index (χ1) is 11.2. The molecule has 0 fully saturated rings. The molecule has 0 saturated carbocycles. The van der Waals surface area contributed by atoms with Crippen LogP contribution in [0.3, 0.4) is 0 Å². The molecule has 1 rings (SSSR count). The zero-order valence-electron chi connectivity index (χ0n) is 14.6. The van der Waals surface area contributed by atoms with Crippen molar-refractivity contribution in [3.05, 3.63) is 65.3 Å². The third kappa shape index (κ3) is 6.96. The summed E-state index contributed by atoms with van der Waals surface area (Å²) in [6, 6.07) is 6.82. The van der Waals surface area contributed by atoms with Gasteiger partial charge >= 0.3 is 5.97 Å². The van der Waals surface area contributed by atoms with E-state index in [1.54, 1.807) is 63.3 Å². The molecular formula is C19H24O4S.